The molecule has 1 rings (SSSR count). The fourth-order valence-corrected chi connectivity index (χ4v) is 0.954. The molecular weight excluding hydrogens is 245 g/mol. The van der Waals surface area contributed by atoms with Crippen molar-refractivity contribution in [1.82, 2.24) is 0 Å². The van der Waals surface area contributed by atoms with Crippen molar-refractivity contribution in [2.75, 3.05) is 7.11 Å². The van der Waals surface area contributed by atoms with Crippen LogP contribution in [0.5, 0.6) is 0 Å². The van der Waals surface area contributed by atoms with Gasteiger partial charge in [0.25, 0.3) is 0 Å². The summed E-state index contributed by atoms with van der Waals surface area (Å²) < 4.78 is 0. The number of halogens is 1. The van der Waals surface area contributed by atoms with Crippen molar-refractivity contribution in [3.05, 3.63) is 41.3 Å². The maximum atomic E-state index is 7.00. The van der Waals surface area contributed by atoms with Crippen molar-refractivity contribution in [1.29, 1.82) is 0 Å². The van der Waals surface area contributed by atoms with Gasteiger partial charge < -0.3 is 5.11 Å². The molecule has 0 atom stereocenters. The zero-order chi connectivity index (χ0) is 8.69. The molecule has 0 saturated heterocycles. The van der Waals surface area contributed by atoms with Crippen LogP contribution in [0.3, 0.4) is 0 Å². The summed E-state index contributed by atoms with van der Waals surface area (Å²) in [7, 11) is 1.00. The fraction of sp³-hybridized carbons (Fsp3) is 0.222. The van der Waals surface area contributed by atoms with Crippen LogP contribution < -0.4 is 58.2 Å². The molecule has 1 nitrogen and oxygen atoms in total. The molecule has 0 fully saturated rings. The van der Waals surface area contributed by atoms with E-state index in [0.717, 1.165) is 17.7 Å². The first-order valence-corrected chi connectivity index (χ1v) is 3.71. The van der Waals surface area contributed by atoms with E-state index in [1.807, 2.05) is 37.6 Å². The quantitative estimate of drug-likeness (QED) is 0.674. The molecule has 62 valence electrons. The van der Waals surface area contributed by atoms with Gasteiger partial charge in [-0.2, -0.15) is 29.7 Å². The molecule has 3 heteroatoms. The van der Waals surface area contributed by atoms with Crippen LogP contribution in [0.25, 0.3) is 0 Å². The zero-order valence-corrected chi connectivity index (χ0v) is 13.4. The Kier molecular flexibility index (Phi) is 13.3. The summed E-state index contributed by atoms with van der Waals surface area (Å²) in [5.74, 6) is 0. The van der Waals surface area contributed by atoms with Gasteiger partial charge in [0, 0.05) is 7.11 Å². The first-order valence-electron chi connectivity index (χ1n) is 3.33. The van der Waals surface area contributed by atoms with Crippen LogP contribution in [0.1, 0.15) is 12.5 Å². The van der Waals surface area contributed by atoms with Crippen molar-refractivity contribution in [3.8, 4) is 0 Å². The Labute approximate surface area is 128 Å². The van der Waals surface area contributed by atoms with Gasteiger partial charge in [-0.1, -0.05) is 18.0 Å². The second-order valence-corrected chi connectivity index (χ2v) is 2.22. The molecule has 0 radical (unpaired) electrons. The Balaban J connectivity index is 0. The van der Waals surface area contributed by atoms with Gasteiger partial charge in [-0.05, 0) is 0 Å². The van der Waals surface area contributed by atoms with E-state index in [1.165, 1.54) is 0 Å². The Morgan fingerprint density at radius 1 is 1.25 bits per heavy atom. The molecule has 12 heavy (non-hydrogen) atoms. The number of benzene rings is 1. The largest absolute Gasteiger partial charge is 1.00 e. The monoisotopic (exact) mass is 256 g/mol. The number of rotatable bonds is 1. The van der Waals surface area contributed by atoms with E-state index in [-0.39, 0.29) is 58.2 Å². The first-order chi connectivity index (χ1) is 5.34. The summed E-state index contributed by atoms with van der Waals surface area (Å²) in [4.78, 5) is 0. The summed E-state index contributed by atoms with van der Waals surface area (Å²) in [5.41, 5.74) is 1.10. The number of aliphatic hydroxyl groups is 1. The van der Waals surface area contributed by atoms with Crippen molar-refractivity contribution >= 4 is 11.6 Å². The predicted octanol–water partition coefficient (Wildman–Crippen LogP) is -0.475. The summed E-state index contributed by atoms with van der Waals surface area (Å²) in [6.45, 7) is 1.97. The van der Waals surface area contributed by atoms with Gasteiger partial charge in [0.1, 0.15) is 0 Å². The summed E-state index contributed by atoms with van der Waals surface area (Å²) in [6.07, 6.45) is 1.99. The average molecular weight is 257 g/mol. The summed E-state index contributed by atoms with van der Waals surface area (Å²) in [5, 5.41) is 7.82. The summed E-state index contributed by atoms with van der Waals surface area (Å²) >= 11 is 5.79. The molecule has 1 N–H and O–H groups in total. The molecule has 0 aliphatic heterocycles. The smallest absolute Gasteiger partial charge is 0.400 e. The third-order valence-electron chi connectivity index (χ3n) is 1.22. The Morgan fingerprint density at radius 2 is 1.75 bits per heavy atom. The Hall–Kier alpha value is 1.15. The van der Waals surface area contributed by atoms with Crippen LogP contribution in [0.15, 0.2) is 24.3 Å². The second-order valence-electron chi connectivity index (χ2n) is 1.81. The molecule has 0 saturated carbocycles. The van der Waals surface area contributed by atoms with Gasteiger partial charge in [-0.3, -0.25) is 0 Å². The summed E-state index contributed by atoms with van der Waals surface area (Å²) in [6, 6.07) is 7.77. The minimum absolute atomic E-state index is 0. The molecule has 0 aliphatic carbocycles. The van der Waals surface area contributed by atoms with Crippen molar-refractivity contribution in [3.63, 3.8) is 0 Å². The maximum absolute atomic E-state index is 7.00. The minimum Gasteiger partial charge on any atom is -0.400 e. The third-order valence-corrected chi connectivity index (χ3v) is 1.56. The molecule has 0 aromatic heterocycles. The van der Waals surface area contributed by atoms with Gasteiger partial charge in [0.05, 0.1) is 0 Å². The topological polar surface area (TPSA) is 20.2 Å². The van der Waals surface area contributed by atoms with E-state index < -0.39 is 0 Å². The van der Waals surface area contributed by atoms with Crippen molar-refractivity contribution < 1.29 is 63.3 Å². The van der Waals surface area contributed by atoms with Gasteiger partial charge in [0.2, 0.25) is 0 Å². The van der Waals surface area contributed by atoms with Crippen LogP contribution in [0.2, 0.25) is 5.02 Å². The van der Waals surface area contributed by atoms with E-state index in [4.69, 9.17) is 16.7 Å². The maximum Gasteiger partial charge on any atom is 1.00 e. The van der Waals surface area contributed by atoms with Gasteiger partial charge >= 0.3 is 58.2 Å². The van der Waals surface area contributed by atoms with E-state index in [1.54, 1.807) is 0 Å². The van der Waals surface area contributed by atoms with E-state index >= 15 is 0 Å². The normalized spacial score (nSPS) is 7.33. The Bertz CT molecular complexity index is 203. The average Bonchev–Trinajstić information content (AvgIpc) is 2.09. The molecule has 0 bridgehead atoms. The van der Waals surface area contributed by atoms with Crippen molar-refractivity contribution in [2.45, 2.75) is 6.92 Å². The second kappa shape index (κ2) is 10.2. The molecule has 0 heterocycles. The van der Waals surface area contributed by atoms with E-state index in [2.05, 4.69) is 0 Å². The SMILES string of the molecule is CO.C[CH-]c1ccccc1Cl.[Rb+]. The zero-order valence-electron chi connectivity index (χ0n) is 7.71. The third kappa shape index (κ3) is 5.73. The van der Waals surface area contributed by atoms with Gasteiger partial charge in [-0.15, -0.1) is 12.1 Å². The van der Waals surface area contributed by atoms with E-state index in [0.29, 0.717) is 0 Å². The minimum atomic E-state index is 0. The van der Waals surface area contributed by atoms with Crippen LogP contribution in [-0.4, -0.2) is 12.2 Å². The Morgan fingerprint density at radius 3 is 2.08 bits per heavy atom. The molecule has 1 aromatic carbocycles. The van der Waals surface area contributed by atoms with Crippen molar-refractivity contribution in [2.24, 2.45) is 0 Å². The molecular formula is C9H12ClORb. The molecule has 0 aliphatic rings. The van der Waals surface area contributed by atoms with E-state index in [9.17, 15) is 0 Å². The predicted molar refractivity (Wildman–Crippen MR) is 48.7 cm³/mol. The number of aliphatic hydroxyl groups excluding tert-OH is 1. The molecule has 0 amide bonds. The van der Waals surface area contributed by atoms with Crippen LogP contribution in [0, 0.1) is 6.42 Å². The first kappa shape index (κ1) is 15.6. The van der Waals surface area contributed by atoms with Crippen LogP contribution in [-0.2, 0) is 0 Å². The van der Waals surface area contributed by atoms with Gasteiger partial charge in [-0.25, -0.2) is 0 Å². The van der Waals surface area contributed by atoms with Crippen LogP contribution >= 0.6 is 11.6 Å². The molecule has 0 unspecified atom stereocenters. The van der Waals surface area contributed by atoms with Gasteiger partial charge in [0.15, 0.2) is 0 Å². The molecule has 0 spiro atoms. The van der Waals surface area contributed by atoms with Crippen LogP contribution in [0.4, 0.5) is 0 Å². The standard InChI is InChI=1S/C8H8Cl.CH4O.Rb/c1-2-7-5-3-4-6-8(7)9;1-2;/h2-6H,1H3;2H,1H3;/q-1;;+1. The number of hydrogen-bond acceptors (Lipinski definition) is 1. The fourth-order valence-electron chi connectivity index (χ4n) is 0.709. The number of hydrogen-bond donors (Lipinski definition) is 1. The molecule has 1 aromatic rings.